The summed E-state index contributed by atoms with van der Waals surface area (Å²) < 4.78 is 1.35. The van der Waals surface area contributed by atoms with Gasteiger partial charge in [0.2, 0.25) is 0 Å². The first-order valence-electron chi connectivity index (χ1n) is 6.14. The van der Waals surface area contributed by atoms with Gasteiger partial charge in [0, 0.05) is 0 Å². The Balaban J connectivity index is 2.01. The SMILES string of the molecule is Cc1nnc(N/N=C\c2ccc(C(C)C)cc2)n1N. The Kier molecular flexibility index (Phi) is 3.79. The van der Waals surface area contributed by atoms with Gasteiger partial charge in [0.15, 0.2) is 5.82 Å². The average molecular weight is 258 g/mol. The zero-order valence-corrected chi connectivity index (χ0v) is 11.3. The zero-order valence-electron chi connectivity index (χ0n) is 11.3. The van der Waals surface area contributed by atoms with E-state index >= 15 is 0 Å². The van der Waals surface area contributed by atoms with Crippen LogP contribution < -0.4 is 11.3 Å². The maximum absolute atomic E-state index is 5.69. The lowest BCUT2D eigenvalue weighted by Gasteiger charge is -2.04. The van der Waals surface area contributed by atoms with Crippen molar-refractivity contribution in [2.24, 2.45) is 5.10 Å². The van der Waals surface area contributed by atoms with E-state index < -0.39 is 0 Å². The van der Waals surface area contributed by atoms with Crippen molar-refractivity contribution < 1.29 is 0 Å². The number of hydrogen-bond acceptors (Lipinski definition) is 5. The molecule has 0 aliphatic carbocycles. The maximum atomic E-state index is 5.69. The molecule has 1 aromatic heterocycles. The molecule has 3 N–H and O–H groups in total. The highest BCUT2D eigenvalue weighted by atomic mass is 15.5. The fraction of sp³-hybridized carbons (Fsp3) is 0.308. The lowest BCUT2D eigenvalue weighted by Crippen LogP contribution is -2.13. The number of nitrogens with zero attached hydrogens (tertiary/aromatic N) is 4. The molecule has 0 spiro atoms. The number of hydrogen-bond donors (Lipinski definition) is 2. The second-order valence-electron chi connectivity index (χ2n) is 4.63. The number of benzene rings is 1. The van der Waals surface area contributed by atoms with Crippen molar-refractivity contribution in [3.05, 3.63) is 41.2 Å². The van der Waals surface area contributed by atoms with Gasteiger partial charge in [0.05, 0.1) is 6.21 Å². The third-order valence-corrected chi connectivity index (χ3v) is 2.85. The fourth-order valence-corrected chi connectivity index (χ4v) is 1.58. The molecule has 1 heterocycles. The standard InChI is InChI=1S/C13H18N6/c1-9(2)12-6-4-11(5-7-12)8-15-17-13-18-16-10(3)19(13)14/h4-9H,14H2,1-3H3,(H,17,18)/b15-8-. The van der Waals surface area contributed by atoms with E-state index in [4.69, 9.17) is 5.84 Å². The quantitative estimate of drug-likeness (QED) is 0.498. The largest absolute Gasteiger partial charge is 0.335 e. The summed E-state index contributed by atoms with van der Waals surface area (Å²) in [5, 5.41) is 11.8. The molecule has 0 fully saturated rings. The lowest BCUT2D eigenvalue weighted by molar-refractivity contribution is 0.866. The van der Waals surface area contributed by atoms with Crippen LogP contribution in [0.1, 0.15) is 36.7 Å². The highest BCUT2D eigenvalue weighted by Gasteiger charge is 2.02. The summed E-state index contributed by atoms with van der Waals surface area (Å²) in [5.74, 6) is 7.25. The van der Waals surface area contributed by atoms with Crippen molar-refractivity contribution in [3.8, 4) is 0 Å². The minimum atomic E-state index is 0.410. The normalized spacial score (nSPS) is 11.4. The highest BCUT2D eigenvalue weighted by Crippen LogP contribution is 2.13. The highest BCUT2D eigenvalue weighted by molar-refractivity contribution is 5.80. The average Bonchev–Trinajstić information content (AvgIpc) is 2.71. The molecule has 19 heavy (non-hydrogen) atoms. The molecule has 0 atom stereocenters. The predicted molar refractivity (Wildman–Crippen MR) is 76.7 cm³/mol. The van der Waals surface area contributed by atoms with E-state index in [9.17, 15) is 0 Å². The van der Waals surface area contributed by atoms with Crippen LogP contribution in [0.15, 0.2) is 29.4 Å². The van der Waals surface area contributed by atoms with Crippen LogP contribution in [-0.2, 0) is 0 Å². The summed E-state index contributed by atoms with van der Waals surface area (Å²) in [7, 11) is 0. The Bertz CT molecular complexity index is 567. The summed E-state index contributed by atoms with van der Waals surface area (Å²) >= 11 is 0. The van der Waals surface area contributed by atoms with Crippen LogP contribution in [0.4, 0.5) is 5.95 Å². The molecule has 0 saturated heterocycles. The molecular weight excluding hydrogens is 240 g/mol. The van der Waals surface area contributed by atoms with Crippen molar-refractivity contribution >= 4 is 12.2 Å². The summed E-state index contributed by atoms with van der Waals surface area (Å²) in [6.07, 6.45) is 1.72. The van der Waals surface area contributed by atoms with E-state index in [1.807, 2.05) is 12.1 Å². The number of rotatable bonds is 4. The molecule has 100 valence electrons. The molecule has 0 radical (unpaired) electrons. The first-order valence-corrected chi connectivity index (χ1v) is 6.14. The lowest BCUT2D eigenvalue weighted by atomic mass is 10.0. The molecule has 6 nitrogen and oxygen atoms in total. The number of nitrogen functional groups attached to an aromatic ring is 1. The maximum Gasteiger partial charge on any atom is 0.263 e. The van der Waals surface area contributed by atoms with E-state index in [0.717, 1.165) is 5.56 Å². The van der Waals surface area contributed by atoms with Gasteiger partial charge >= 0.3 is 0 Å². The van der Waals surface area contributed by atoms with E-state index in [0.29, 0.717) is 17.7 Å². The molecular formula is C13H18N6. The monoisotopic (exact) mass is 258 g/mol. The second-order valence-corrected chi connectivity index (χ2v) is 4.63. The van der Waals surface area contributed by atoms with Crippen LogP contribution in [0.3, 0.4) is 0 Å². The van der Waals surface area contributed by atoms with E-state index in [1.165, 1.54) is 10.2 Å². The van der Waals surface area contributed by atoms with Crippen molar-refractivity contribution in [1.29, 1.82) is 0 Å². The van der Waals surface area contributed by atoms with Gasteiger partial charge < -0.3 is 5.84 Å². The van der Waals surface area contributed by atoms with Crippen LogP contribution in [0.25, 0.3) is 0 Å². The number of hydrazone groups is 1. The number of nitrogens with two attached hydrogens (primary N) is 1. The fourth-order valence-electron chi connectivity index (χ4n) is 1.58. The van der Waals surface area contributed by atoms with E-state index in [-0.39, 0.29) is 0 Å². The minimum Gasteiger partial charge on any atom is -0.335 e. The predicted octanol–water partition coefficient (Wildman–Crippen LogP) is 1.87. The van der Waals surface area contributed by atoms with Gasteiger partial charge in [-0.3, -0.25) is 0 Å². The summed E-state index contributed by atoms with van der Waals surface area (Å²) in [4.78, 5) is 0. The molecule has 2 aromatic rings. The van der Waals surface area contributed by atoms with Gasteiger partial charge in [0.25, 0.3) is 5.95 Å². The zero-order chi connectivity index (χ0) is 13.8. The van der Waals surface area contributed by atoms with Crippen LogP contribution in [-0.4, -0.2) is 21.1 Å². The van der Waals surface area contributed by atoms with Crippen LogP contribution in [0, 0.1) is 6.92 Å². The molecule has 0 saturated carbocycles. The van der Waals surface area contributed by atoms with Crippen molar-refractivity contribution in [3.63, 3.8) is 0 Å². The minimum absolute atomic E-state index is 0.410. The Labute approximate surface area is 112 Å². The number of aromatic nitrogens is 3. The van der Waals surface area contributed by atoms with Crippen molar-refractivity contribution in [2.75, 3.05) is 11.3 Å². The van der Waals surface area contributed by atoms with Crippen molar-refractivity contribution in [1.82, 2.24) is 14.9 Å². The van der Waals surface area contributed by atoms with Crippen LogP contribution >= 0.6 is 0 Å². The molecule has 2 rings (SSSR count). The Morgan fingerprint density at radius 3 is 2.47 bits per heavy atom. The Morgan fingerprint density at radius 2 is 1.95 bits per heavy atom. The van der Waals surface area contributed by atoms with Crippen LogP contribution in [0.2, 0.25) is 0 Å². The Morgan fingerprint density at radius 1 is 1.26 bits per heavy atom. The second kappa shape index (κ2) is 5.51. The smallest absolute Gasteiger partial charge is 0.263 e. The van der Waals surface area contributed by atoms with Gasteiger partial charge in [-0.25, -0.2) is 10.1 Å². The summed E-state index contributed by atoms with van der Waals surface area (Å²) in [5.41, 5.74) is 5.07. The first kappa shape index (κ1) is 13.1. The number of anilines is 1. The van der Waals surface area contributed by atoms with Gasteiger partial charge in [-0.15, -0.1) is 10.2 Å². The summed E-state index contributed by atoms with van der Waals surface area (Å²) in [6, 6.07) is 8.25. The third-order valence-electron chi connectivity index (χ3n) is 2.85. The number of aryl methyl sites for hydroxylation is 1. The topological polar surface area (TPSA) is 81.1 Å². The molecule has 0 aliphatic heterocycles. The van der Waals surface area contributed by atoms with E-state index in [2.05, 4.69) is 46.7 Å². The first-order chi connectivity index (χ1) is 9.08. The molecule has 0 unspecified atom stereocenters. The molecule has 1 aromatic carbocycles. The Hall–Kier alpha value is -2.37. The molecule has 0 aliphatic rings. The van der Waals surface area contributed by atoms with Gasteiger partial charge in [0.1, 0.15) is 0 Å². The molecule has 0 amide bonds. The summed E-state index contributed by atoms with van der Waals surface area (Å²) in [6.45, 7) is 6.11. The molecule has 6 heteroatoms. The van der Waals surface area contributed by atoms with Crippen molar-refractivity contribution in [2.45, 2.75) is 26.7 Å². The van der Waals surface area contributed by atoms with Gasteiger partial charge in [-0.05, 0) is 24.0 Å². The molecule has 0 bridgehead atoms. The third kappa shape index (κ3) is 3.09. The van der Waals surface area contributed by atoms with E-state index in [1.54, 1.807) is 13.1 Å². The number of nitrogens with one attached hydrogen (secondary N) is 1. The van der Waals surface area contributed by atoms with Gasteiger partial charge in [-0.1, -0.05) is 38.1 Å². The van der Waals surface area contributed by atoms with Crippen LogP contribution in [0.5, 0.6) is 0 Å². The van der Waals surface area contributed by atoms with Gasteiger partial charge in [-0.2, -0.15) is 5.10 Å².